The van der Waals surface area contributed by atoms with Gasteiger partial charge in [0.2, 0.25) is 11.0 Å². The van der Waals surface area contributed by atoms with Gasteiger partial charge in [0.05, 0.1) is 10.8 Å². The normalized spacial score (nSPS) is 17.1. The van der Waals surface area contributed by atoms with Crippen LogP contribution in [0.25, 0.3) is 10.4 Å². The monoisotopic (exact) mass is 313 g/mol. The average Bonchev–Trinajstić information content (AvgIpc) is 3.20. The Balaban J connectivity index is 1.87. The van der Waals surface area contributed by atoms with Gasteiger partial charge in [-0.3, -0.25) is 4.79 Å². The van der Waals surface area contributed by atoms with Crippen molar-refractivity contribution in [2.24, 2.45) is 5.92 Å². The van der Waals surface area contributed by atoms with Crippen LogP contribution < -0.4 is 16.0 Å². The summed E-state index contributed by atoms with van der Waals surface area (Å²) in [6, 6.07) is 7.46. The largest absolute Gasteiger partial charge is 0.398 e. The van der Waals surface area contributed by atoms with Gasteiger partial charge in [0.25, 0.3) is 0 Å². The molecule has 1 saturated heterocycles. The molecule has 112 valence electrons. The number of rotatable bonds is 3. The van der Waals surface area contributed by atoms with Crippen molar-refractivity contribution in [1.29, 1.82) is 5.26 Å². The summed E-state index contributed by atoms with van der Waals surface area (Å²) in [6.45, 7) is 1.42. The number of carbonyl (C=O) groups is 1. The summed E-state index contributed by atoms with van der Waals surface area (Å²) in [7, 11) is 0. The molecule has 22 heavy (non-hydrogen) atoms. The van der Waals surface area contributed by atoms with E-state index >= 15 is 0 Å². The van der Waals surface area contributed by atoms with Crippen LogP contribution in [0.4, 0.5) is 10.8 Å². The fourth-order valence-corrected chi connectivity index (χ4v) is 3.37. The molecule has 1 unspecified atom stereocenters. The number of hydrogen-bond acceptors (Lipinski definition) is 6. The van der Waals surface area contributed by atoms with E-state index in [1.54, 1.807) is 6.20 Å². The summed E-state index contributed by atoms with van der Waals surface area (Å²) in [4.78, 5) is 18.5. The summed E-state index contributed by atoms with van der Waals surface area (Å²) in [5, 5.41) is 12.8. The van der Waals surface area contributed by atoms with Crippen LogP contribution in [0, 0.1) is 17.4 Å². The first-order chi connectivity index (χ1) is 10.7. The first-order valence-electron chi connectivity index (χ1n) is 6.96. The van der Waals surface area contributed by atoms with Crippen LogP contribution in [0.5, 0.6) is 0 Å². The van der Waals surface area contributed by atoms with Gasteiger partial charge < -0.3 is 11.1 Å². The van der Waals surface area contributed by atoms with Crippen LogP contribution in [-0.4, -0.2) is 24.0 Å². The number of nitriles is 1. The third-order valence-electron chi connectivity index (χ3n) is 3.64. The van der Waals surface area contributed by atoms with E-state index in [-0.39, 0.29) is 11.8 Å². The van der Waals surface area contributed by atoms with Gasteiger partial charge in [-0.15, -0.1) is 0 Å². The number of benzene rings is 1. The van der Waals surface area contributed by atoms with Gasteiger partial charge in [0.15, 0.2) is 6.19 Å². The van der Waals surface area contributed by atoms with E-state index in [9.17, 15) is 10.1 Å². The van der Waals surface area contributed by atoms with Crippen LogP contribution in [0.2, 0.25) is 0 Å². The lowest BCUT2D eigenvalue weighted by Gasteiger charge is -2.14. The lowest BCUT2D eigenvalue weighted by molar-refractivity contribution is -0.121. The second kappa shape index (κ2) is 6.13. The first kappa shape index (κ1) is 14.5. The molecule has 1 aromatic heterocycles. The van der Waals surface area contributed by atoms with Gasteiger partial charge in [0.1, 0.15) is 0 Å². The zero-order valence-corrected chi connectivity index (χ0v) is 12.6. The molecule has 6 nitrogen and oxygen atoms in total. The minimum Gasteiger partial charge on any atom is -0.398 e. The Morgan fingerprint density at radius 3 is 3.00 bits per heavy atom. The van der Waals surface area contributed by atoms with Crippen LogP contribution in [0.1, 0.15) is 6.42 Å². The number of nitrogen functional groups attached to an aromatic ring is 1. The number of nitrogens with one attached hydrogen (secondary N) is 1. The van der Waals surface area contributed by atoms with Crippen molar-refractivity contribution >= 4 is 28.1 Å². The van der Waals surface area contributed by atoms with E-state index in [4.69, 9.17) is 5.73 Å². The summed E-state index contributed by atoms with van der Waals surface area (Å²) in [5.41, 5.74) is 7.46. The van der Waals surface area contributed by atoms with Crippen molar-refractivity contribution in [3.63, 3.8) is 0 Å². The molecule has 1 atom stereocenters. The van der Waals surface area contributed by atoms with Gasteiger partial charge in [-0.05, 0) is 19.0 Å². The van der Waals surface area contributed by atoms with E-state index < -0.39 is 0 Å². The fourth-order valence-electron chi connectivity index (χ4n) is 2.45. The Morgan fingerprint density at radius 1 is 1.50 bits per heavy atom. The Hall–Kier alpha value is -2.43. The standard InChI is InChI=1S/C15H15N5OS/c16-9-20(14(21)10-5-6-18-7-10)15-19-8-13(22-15)11-3-1-2-4-12(11)17/h1-4,8,10,18H,5-7,17H2. The Bertz CT molecular complexity index is 730. The Kier molecular flexibility index (Phi) is 4.04. The minimum absolute atomic E-state index is 0.159. The number of aromatic nitrogens is 1. The Labute approximate surface area is 132 Å². The lowest BCUT2D eigenvalue weighted by Crippen LogP contribution is -2.33. The highest BCUT2D eigenvalue weighted by atomic mass is 32.1. The van der Waals surface area contributed by atoms with Gasteiger partial charge in [-0.1, -0.05) is 29.5 Å². The summed E-state index contributed by atoms with van der Waals surface area (Å²) < 4.78 is 0. The number of amides is 1. The van der Waals surface area contributed by atoms with E-state index in [1.807, 2.05) is 30.5 Å². The number of para-hydroxylation sites is 1. The average molecular weight is 313 g/mol. The highest BCUT2D eigenvalue weighted by Gasteiger charge is 2.29. The molecule has 1 amide bonds. The molecule has 1 aromatic carbocycles. The summed E-state index contributed by atoms with van der Waals surface area (Å²) >= 11 is 1.29. The number of carbonyl (C=O) groups excluding carboxylic acids is 1. The minimum atomic E-state index is -0.200. The predicted molar refractivity (Wildman–Crippen MR) is 86.0 cm³/mol. The number of anilines is 2. The molecule has 0 spiro atoms. The summed E-state index contributed by atoms with van der Waals surface area (Å²) in [5.74, 6) is -0.358. The molecular formula is C15H15N5OS. The summed E-state index contributed by atoms with van der Waals surface area (Å²) in [6.07, 6.45) is 4.35. The van der Waals surface area contributed by atoms with Gasteiger partial charge >= 0.3 is 0 Å². The highest BCUT2D eigenvalue weighted by Crippen LogP contribution is 2.34. The zero-order chi connectivity index (χ0) is 15.5. The lowest BCUT2D eigenvalue weighted by atomic mass is 10.1. The van der Waals surface area contributed by atoms with Crippen molar-refractivity contribution < 1.29 is 4.79 Å². The molecule has 0 saturated carbocycles. The molecule has 3 N–H and O–H groups in total. The van der Waals surface area contributed by atoms with E-state index in [2.05, 4.69) is 10.3 Å². The second-order valence-corrected chi connectivity index (χ2v) is 6.07. The molecule has 0 radical (unpaired) electrons. The van der Waals surface area contributed by atoms with E-state index in [1.165, 1.54) is 11.3 Å². The van der Waals surface area contributed by atoms with E-state index in [0.29, 0.717) is 17.4 Å². The highest BCUT2D eigenvalue weighted by molar-refractivity contribution is 7.19. The molecular weight excluding hydrogens is 298 g/mol. The molecule has 3 rings (SSSR count). The molecule has 1 aliphatic heterocycles. The topological polar surface area (TPSA) is 95.0 Å². The third kappa shape index (κ3) is 2.66. The van der Waals surface area contributed by atoms with Crippen LogP contribution in [0.3, 0.4) is 0 Å². The fraction of sp³-hybridized carbons (Fsp3) is 0.267. The maximum absolute atomic E-state index is 12.4. The van der Waals surface area contributed by atoms with Gasteiger partial charge in [-0.2, -0.15) is 10.2 Å². The number of thiazole rings is 1. The van der Waals surface area contributed by atoms with Crippen LogP contribution in [0.15, 0.2) is 30.5 Å². The third-order valence-corrected chi connectivity index (χ3v) is 4.66. The predicted octanol–water partition coefficient (Wildman–Crippen LogP) is 1.82. The van der Waals surface area contributed by atoms with Crippen molar-refractivity contribution in [3.05, 3.63) is 30.5 Å². The molecule has 7 heteroatoms. The maximum Gasteiger partial charge on any atom is 0.246 e. The Morgan fingerprint density at radius 2 is 2.32 bits per heavy atom. The molecule has 0 bridgehead atoms. The smallest absolute Gasteiger partial charge is 0.246 e. The molecule has 2 aromatic rings. The SMILES string of the molecule is N#CN(C(=O)C1CCNC1)c1ncc(-c2ccccc2N)s1. The van der Waals surface area contributed by atoms with Crippen molar-refractivity contribution in [3.8, 4) is 16.6 Å². The zero-order valence-electron chi connectivity index (χ0n) is 11.8. The van der Waals surface area contributed by atoms with E-state index in [0.717, 1.165) is 28.3 Å². The molecule has 1 aliphatic rings. The second-order valence-electron chi connectivity index (χ2n) is 5.06. The molecule has 1 fully saturated rings. The van der Waals surface area contributed by atoms with Gasteiger partial charge in [0, 0.05) is 24.0 Å². The number of nitrogens with zero attached hydrogens (tertiary/aromatic N) is 3. The first-order valence-corrected chi connectivity index (χ1v) is 7.77. The molecule has 0 aliphatic carbocycles. The van der Waals surface area contributed by atoms with Crippen LogP contribution >= 0.6 is 11.3 Å². The quantitative estimate of drug-likeness (QED) is 0.512. The number of hydrogen-bond donors (Lipinski definition) is 2. The number of nitrogens with two attached hydrogens (primary N) is 1. The van der Waals surface area contributed by atoms with Crippen molar-refractivity contribution in [2.75, 3.05) is 23.7 Å². The van der Waals surface area contributed by atoms with Gasteiger partial charge in [-0.25, -0.2) is 4.98 Å². The maximum atomic E-state index is 12.4. The van der Waals surface area contributed by atoms with Crippen LogP contribution in [-0.2, 0) is 4.79 Å². The van der Waals surface area contributed by atoms with Crippen molar-refractivity contribution in [2.45, 2.75) is 6.42 Å². The van der Waals surface area contributed by atoms with Crippen molar-refractivity contribution in [1.82, 2.24) is 10.3 Å². The molecule has 2 heterocycles.